The standard InChI is InChI=1S/C10H7BrN2O2/c11-8-1-2-9(7(5-8)6-12)13-4-3-10(14)15/h1-5,13H,(H,14,15)/b4-3+. The second kappa shape index (κ2) is 5.17. The summed E-state index contributed by atoms with van der Waals surface area (Å²) in [4.78, 5) is 10.2. The third kappa shape index (κ3) is 3.44. The van der Waals surface area contributed by atoms with Gasteiger partial charge in [0.05, 0.1) is 11.3 Å². The van der Waals surface area contributed by atoms with Gasteiger partial charge >= 0.3 is 5.97 Å². The summed E-state index contributed by atoms with van der Waals surface area (Å²) < 4.78 is 0.798. The number of carbonyl (C=O) groups is 1. The number of rotatable bonds is 3. The summed E-state index contributed by atoms with van der Waals surface area (Å²) in [5.74, 6) is -1.04. The van der Waals surface area contributed by atoms with Crippen molar-refractivity contribution in [3.8, 4) is 6.07 Å². The molecule has 0 aliphatic rings. The predicted molar refractivity (Wildman–Crippen MR) is 59.3 cm³/mol. The van der Waals surface area contributed by atoms with Gasteiger partial charge in [-0.1, -0.05) is 15.9 Å². The molecule has 15 heavy (non-hydrogen) atoms. The molecule has 0 saturated heterocycles. The van der Waals surface area contributed by atoms with Crippen molar-refractivity contribution in [1.82, 2.24) is 0 Å². The van der Waals surface area contributed by atoms with E-state index in [9.17, 15) is 4.79 Å². The van der Waals surface area contributed by atoms with E-state index < -0.39 is 5.97 Å². The molecule has 0 unspecified atom stereocenters. The minimum Gasteiger partial charge on any atom is -0.478 e. The zero-order valence-electron chi connectivity index (χ0n) is 7.57. The van der Waals surface area contributed by atoms with Gasteiger partial charge < -0.3 is 10.4 Å². The van der Waals surface area contributed by atoms with Gasteiger partial charge in [-0.3, -0.25) is 0 Å². The Bertz CT molecular complexity index is 449. The second-order valence-electron chi connectivity index (χ2n) is 2.62. The van der Waals surface area contributed by atoms with Gasteiger partial charge in [-0.2, -0.15) is 5.26 Å². The minimum absolute atomic E-state index is 0.444. The first-order valence-electron chi connectivity index (χ1n) is 3.99. The van der Waals surface area contributed by atoms with Crippen molar-refractivity contribution in [3.63, 3.8) is 0 Å². The van der Waals surface area contributed by atoms with Gasteiger partial charge in [0.1, 0.15) is 6.07 Å². The first-order valence-corrected chi connectivity index (χ1v) is 4.78. The number of carboxylic acids is 1. The molecule has 1 aromatic rings. The van der Waals surface area contributed by atoms with Crippen LogP contribution in [0, 0.1) is 11.3 Å². The Balaban J connectivity index is 2.86. The first-order chi connectivity index (χ1) is 7.13. The van der Waals surface area contributed by atoms with E-state index in [-0.39, 0.29) is 0 Å². The van der Waals surface area contributed by atoms with Crippen LogP contribution in [-0.2, 0) is 4.79 Å². The summed E-state index contributed by atoms with van der Waals surface area (Å²) in [7, 11) is 0. The Morgan fingerprint density at radius 2 is 2.33 bits per heavy atom. The van der Waals surface area contributed by atoms with Crippen molar-refractivity contribution in [3.05, 3.63) is 40.5 Å². The fraction of sp³-hybridized carbons (Fsp3) is 0. The quantitative estimate of drug-likeness (QED) is 0.824. The van der Waals surface area contributed by atoms with Gasteiger partial charge in [-0.25, -0.2) is 4.79 Å². The van der Waals surface area contributed by atoms with Gasteiger partial charge in [0, 0.05) is 16.7 Å². The molecule has 2 N–H and O–H groups in total. The van der Waals surface area contributed by atoms with E-state index in [1.165, 1.54) is 6.20 Å². The van der Waals surface area contributed by atoms with Crippen molar-refractivity contribution in [2.45, 2.75) is 0 Å². The van der Waals surface area contributed by atoms with E-state index in [0.717, 1.165) is 10.5 Å². The van der Waals surface area contributed by atoms with Gasteiger partial charge in [0.2, 0.25) is 0 Å². The molecule has 1 aromatic carbocycles. The van der Waals surface area contributed by atoms with E-state index in [0.29, 0.717) is 11.3 Å². The van der Waals surface area contributed by atoms with Crippen molar-refractivity contribution in [2.24, 2.45) is 0 Å². The summed E-state index contributed by atoms with van der Waals surface area (Å²) in [5, 5.41) is 19.9. The molecule has 5 heteroatoms. The van der Waals surface area contributed by atoms with Gasteiger partial charge in [-0.15, -0.1) is 0 Å². The van der Waals surface area contributed by atoms with Crippen LogP contribution >= 0.6 is 15.9 Å². The topological polar surface area (TPSA) is 73.1 Å². The zero-order chi connectivity index (χ0) is 11.3. The Kier molecular flexibility index (Phi) is 3.89. The molecule has 76 valence electrons. The summed E-state index contributed by atoms with van der Waals surface area (Å²) in [6.45, 7) is 0. The molecule has 0 heterocycles. The molecule has 0 bridgehead atoms. The summed E-state index contributed by atoms with van der Waals surface area (Å²) >= 11 is 3.24. The Morgan fingerprint density at radius 1 is 1.60 bits per heavy atom. The number of nitrogens with one attached hydrogen (secondary N) is 1. The third-order valence-corrected chi connectivity index (χ3v) is 2.06. The molecule has 0 amide bonds. The second-order valence-corrected chi connectivity index (χ2v) is 3.53. The van der Waals surface area contributed by atoms with Crippen LogP contribution in [0.25, 0.3) is 0 Å². The van der Waals surface area contributed by atoms with E-state index in [1.807, 2.05) is 6.07 Å². The molecule has 0 saturated carbocycles. The highest BCUT2D eigenvalue weighted by Gasteiger charge is 2.00. The van der Waals surface area contributed by atoms with E-state index in [4.69, 9.17) is 10.4 Å². The van der Waals surface area contributed by atoms with Crippen LogP contribution < -0.4 is 5.32 Å². The number of nitriles is 1. The Labute approximate surface area is 95.0 Å². The lowest BCUT2D eigenvalue weighted by Gasteiger charge is -2.02. The van der Waals surface area contributed by atoms with Crippen LogP contribution in [0.4, 0.5) is 5.69 Å². The van der Waals surface area contributed by atoms with E-state index >= 15 is 0 Å². The lowest BCUT2D eigenvalue weighted by Crippen LogP contribution is -1.94. The van der Waals surface area contributed by atoms with Gasteiger partial charge in [-0.05, 0) is 18.2 Å². The van der Waals surface area contributed by atoms with Crippen LogP contribution in [-0.4, -0.2) is 11.1 Å². The molecule has 4 nitrogen and oxygen atoms in total. The largest absolute Gasteiger partial charge is 0.478 e. The number of aliphatic carboxylic acids is 1. The maximum Gasteiger partial charge on any atom is 0.329 e. The van der Waals surface area contributed by atoms with Crippen LogP contribution in [0.5, 0.6) is 0 Å². The van der Waals surface area contributed by atoms with Crippen LogP contribution in [0.2, 0.25) is 0 Å². The average Bonchev–Trinajstić information content (AvgIpc) is 2.19. The fourth-order valence-electron chi connectivity index (χ4n) is 0.938. The number of hydrogen-bond donors (Lipinski definition) is 2. The number of anilines is 1. The van der Waals surface area contributed by atoms with E-state index in [2.05, 4.69) is 21.2 Å². The van der Waals surface area contributed by atoms with E-state index in [1.54, 1.807) is 18.2 Å². The predicted octanol–water partition coefficient (Wildman–Crippen LogP) is 2.33. The number of nitrogens with zero attached hydrogens (tertiary/aromatic N) is 1. The lowest BCUT2D eigenvalue weighted by atomic mass is 10.2. The molecular formula is C10H7BrN2O2. The molecule has 1 rings (SSSR count). The molecular weight excluding hydrogens is 260 g/mol. The van der Waals surface area contributed by atoms with Crippen molar-refractivity contribution >= 4 is 27.6 Å². The van der Waals surface area contributed by atoms with Crippen molar-refractivity contribution in [1.29, 1.82) is 5.26 Å². The Hall–Kier alpha value is -1.80. The minimum atomic E-state index is -1.04. The van der Waals surface area contributed by atoms with Gasteiger partial charge in [0.15, 0.2) is 0 Å². The molecule has 0 aromatic heterocycles. The number of benzene rings is 1. The van der Waals surface area contributed by atoms with Crippen LogP contribution in [0.3, 0.4) is 0 Å². The average molecular weight is 267 g/mol. The number of halogens is 1. The first kappa shape index (κ1) is 11.3. The highest BCUT2D eigenvalue weighted by atomic mass is 79.9. The van der Waals surface area contributed by atoms with Crippen LogP contribution in [0.1, 0.15) is 5.56 Å². The number of hydrogen-bond acceptors (Lipinski definition) is 3. The van der Waals surface area contributed by atoms with Crippen molar-refractivity contribution < 1.29 is 9.90 Å². The summed E-state index contributed by atoms with van der Waals surface area (Å²) in [6.07, 6.45) is 2.23. The van der Waals surface area contributed by atoms with Gasteiger partial charge in [0.25, 0.3) is 0 Å². The molecule has 0 atom stereocenters. The molecule has 0 fully saturated rings. The smallest absolute Gasteiger partial charge is 0.329 e. The maximum atomic E-state index is 10.2. The molecule has 0 aliphatic heterocycles. The lowest BCUT2D eigenvalue weighted by molar-refractivity contribution is -0.131. The molecule has 0 radical (unpaired) electrons. The third-order valence-electron chi connectivity index (χ3n) is 1.57. The van der Waals surface area contributed by atoms with Crippen LogP contribution in [0.15, 0.2) is 34.9 Å². The highest BCUT2D eigenvalue weighted by molar-refractivity contribution is 9.10. The number of carboxylic acid groups (broad SMARTS) is 1. The molecule has 0 spiro atoms. The highest BCUT2D eigenvalue weighted by Crippen LogP contribution is 2.20. The normalized spacial score (nSPS) is 9.87. The molecule has 0 aliphatic carbocycles. The summed E-state index contributed by atoms with van der Waals surface area (Å²) in [5.41, 5.74) is 1.01. The Morgan fingerprint density at radius 3 is 2.93 bits per heavy atom. The fourth-order valence-corrected chi connectivity index (χ4v) is 1.30. The maximum absolute atomic E-state index is 10.2. The monoisotopic (exact) mass is 266 g/mol. The summed E-state index contributed by atoms with van der Waals surface area (Å²) in [6, 6.07) is 7.10. The zero-order valence-corrected chi connectivity index (χ0v) is 9.15. The van der Waals surface area contributed by atoms with Crippen molar-refractivity contribution in [2.75, 3.05) is 5.32 Å². The SMILES string of the molecule is N#Cc1cc(Br)ccc1N/C=C/C(=O)O.